The van der Waals surface area contributed by atoms with Crippen molar-refractivity contribution in [1.29, 1.82) is 0 Å². The van der Waals surface area contributed by atoms with Gasteiger partial charge in [0, 0.05) is 13.1 Å². The number of carbonyl (C=O) groups is 1. The van der Waals surface area contributed by atoms with Gasteiger partial charge in [-0.2, -0.15) is 0 Å². The molecule has 1 aliphatic heterocycles. The maximum atomic E-state index is 10.8. The van der Waals surface area contributed by atoms with Crippen LogP contribution in [-0.2, 0) is 4.79 Å². The first-order valence-electron chi connectivity index (χ1n) is 7.86. The van der Waals surface area contributed by atoms with E-state index in [1.54, 1.807) is 0 Å². The van der Waals surface area contributed by atoms with Crippen molar-refractivity contribution in [3.63, 3.8) is 0 Å². The monoisotopic (exact) mass is 270 g/mol. The minimum absolute atomic E-state index is 0.174. The molecule has 1 fully saturated rings. The van der Waals surface area contributed by atoms with Crippen molar-refractivity contribution < 1.29 is 9.90 Å². The summed E-state index contributed by atoms with van der Waals surface area (Å²) >= 11 is 0. The van der Waals surface area contributed by atoms with Crippen molar-refractivity contribution >= 4 is 5.97 Å². The quantitative estimate of drug-likeness (QED) is 0.477. The van der Waals surface area contributed by atoms with E-state index in [1.165, 1.54) is 44.9 Å². The highest BCUT2D eigenvalue weighted by atomic mass is 16.4. The maximum absolute atomic E-state index is 10.8. The fourth-order valence-electron chi connectivity index (χ4n) is 2.64. The van der Waals surface area contributed by atoms with E-state index in [2.05, 4.69) is 17.6 Å². The molecule has 4 heteroatoms. The first-order valence-corrected chi connectivity index (χ1v) is 7.86. The van der Waals surface area contributed by atoms with Crippen molar-refractivity contribution in [1.82, 2.24) is 10.6 Å². The van der Waals surface area contributed by atoms with Gasteiger partial charge >= 0.3 is 5.97 Å². The molecule has 0 saturated carbocycles. The lowest BCUT2D eigenvalue weighted by Crippen LogP contribution is -2.68. The van der Waals surface area contributed by atoms with Crippen molar-refractivity contribution in [2.24, 2.45) is 0 Å². The minimum Gasteiger partial charge on any atom is -0.481 e. The standard InChI is InChI=1S/C15H30N2O2/c1-2-3-4-5-6-7-8-9-10-17-15(11-14(18)19)12-16-13-15/h16-17H,2-13H2,1H3,(H,18,19). The lowest BCUT2D eigenvalue weighted by atomic mass is 9.88. The van der Waals surface area contributed by atoms with E-state index >= 15 is 0 Å². The van der Waals surface area contributed by atoms with Gasteiger partial charge in [-0.25, -0.2) is 0 Å². The number of hydrogen-bond acceptors (Lipinski definition) is 3. The summed E-state index contributed by atoms with van der Waals surface area (Å²) in [6, 6.07) is 0. The summed E-state index contributed by atoms with van der Waals surface area (Å²) < 4.78 is 0. The van der Waals surface area contributed by atoms with Crippen LogP contribution in [0.15, 0.2) is 0 Å². The van der Waals surface area contributed by atoms with Gasteiger partial charge in [-0.05, 0) is 13.0 Å². The van der Waals surface area contributed by atoms with E-state index in [-0.39, 0.29) is 12.0 Å². The molecular weight excluding hydrogens is 240 g/mol. The molecule has 0 unspecified atom stereocenters. The molecule has 0 aliphatic carbocycles. The average molecular weight is 270 g/mol. The first-order chi connectivity index (χ1) is 9.18. The van der Waals surface area contributed by atoms with E-state index in [4.69, 9.17) is 5.11 Å². The van der Waals surface area contributed by atoms with Crippen LogP contribution in [0.5, 0.6) is 0 Å². The molecule has 3 N–H and O–H groups in total. The minimum atomic E-state index is -0.704. The predicted molar refractivity (Wildman–Crippen MR) is 78.5 cm³/mol. The largest absolute Gasteiger partial charge is 0.481 e. The summed E-state index contributed by atoms with van der Waals surface area (Å²) in [6.45, 7) is 4.77. The van der Waals surface area contributed by atoms with Crippen LogP contribution in [0.1, 0.15) is 64.7 Å². The summed E-state index contributed by atoms with van der Waals surface area (Å²) in [7, 11) is 0. The Bertz CT molecular complexity index is 253. The van der Waals surface area contributed by atoms with E-state index in [0.29, 0.717) is 0 Å². The lowest BCUT2D eigenvalue weighted by molar-refractivity contribution is -0.139. The van der Waals surface area contributed by atoms with Gasteiger partial charge in [-0.15, -0.1) is 0 Å². The molecule has 4 nitrogen and oxygen atoms in total. The van der Waals surface area contributed by atoms with Gasteiger partial charge in [-0.3, -0.25) is 4.79 Å². The highest BCUT2D eigenvalue weighted by molar-refractivity contribution is 5.68. The second kappa shape index (κ2) is 9.32. The molecule has 1 aliphatic rings. The summed E-state index contributed by atoms with van der Waals surface area (Å²) in [5, 5.41) is 15.5. The van der Waals surface area contributed by atoms with Crippen molar-refractivity contribution in [2.45, 2.75) is 70.3 Å². The molecule has 0 bridgehead atoms. The fourth-order valence-corrected chi connectivity index (χ4v) is 2.64. The van der Waals surface area contributed by atoms with Gasteiger partial charge in [-0.1, -0.05) is 51.9 Å². The Hall–Kier alpha value is -0.610. The number of nitrogens with one attached hydrogen (secondary N) is 2. The number of aliphatic carboxylic acids is 1. The Morgan fingerprint density at radius 1 is 1.11 bits per heavy atom. The summed E-state index contributed by atoms with van der Waals surface area (Å²) in [5.74, 6) is -0.704. The van der Waals surface area contributed by atoms with Gasteiger partial charge in [0.05, 0.1) is 12.0 Å². The average Bonchev–Trinajstić information content (AvgIpc) is 2.33. The Balaban J connectivity index is 1.93. The van der Waals surface area contributed by atoms with Crippen LogP contribution in [0.25, 0.3) is 0 Å². The maximum Gasteiger partial charge on any atom is 0.305 e. The predicted octanol–water partition coefficient (Wildman–Crippen LogP) is 2.53. The molecule has 1 heterocycles. The van der Waals surface area contributed by atoms with Gasteiger partial charge < -0.3 is 15.7 Å². The van der Waals surface area contributed by atoms with Gasteiger partial charge in [0.25, 0.3) is 0 Å². The van der Waals surface area contributed by atoms with Crippen LogP contribution in [-0.4, -0.2) is 36.2 Å². The zero-order valence-electron chi connectivity index (χ0n) is 12.3. The highest BCUT2D eigenvalue weighted by Crippen LogP contribution is 2.16. The van der Waals surface area contributed by atoms with Crippen LogP contribution in [0.4, 0.5) is 0 Å². The molecule has 1 rings (SSSR count). The van der Waals surface area contributed by atoms with E-state index in [0.717, 1.165) is 26.1 Å². The first kappa shape index (κ1) is 16.4. The molecule has 1 saturated heterocycles. The van der Waals surface area contributed by atoms with Gasteiger partial charge in [0.2, 0.25) is 0 Å². The molecule has 0 aromatic carbocycles. The van der Waals surface area contributed by atoms with Crippen molar-refractivity contribution in [3.05, 3.63) is 0 Å². The van der Waals surface area contributed by atoms with E-state index in [1.807, 2.05) is 0 Å². The number of hydrogen-bond donors (Lipinski definition) is 3. The molecule has 0 spiro atoms. The number of carboxylic acid groups (broad SMARTS) is 1. The topological polar surface area (TPSA) is 61.4 Å². The van der Waals surface area contributed by atoms with Crippen molar-refractivity contribution in [3.8, 4) is 0 Å². The third-order valence-electron chi connectivity index (χ3n) is 3.95. The Morgan fingerprint density at radius 3 is 2.16 bits per heavy atom. The SMILES string of the molecule is CCCCCCCCCCNC1(CC(=O)O)CNC1. The second-order valence-corrected chi connectivity index (χ2v) is 5.86. The Morgan fingerprint density at radius 2 is 1.68 bits per heavy atom. The van der Waals surface area contributed by atoms with Crippen LogP contribution in [0, 0.1) is 0 Å². The number of carboxylic acids is 1. The van der Waals surface area contributed by atoms with E-state index < -0.39 is 5.97 Å². The van der Waals surface area contributed by atoms with Crippen LogP contribution in [0.2, 0.25) is 0 Å². The molecule has 19 heavy (non-hydrogen) atoms. The number of unbranched alkanes of at least 4 members (excludes halogenated alkanes) is 7. The molecule has 0 aromatic heterocycles. The van der Waals surface area contributed by atoms with Gasteiger partial charge in [0.15, 0.2) is 0 Å². The second-order valence-electron chi connectivity index (χ2n) is 5.86. The van der Waals surface area contributed by atoms with Crippen LogP contribution in [0.3, 0.4) is 0 Å². The normalized spacial score (nSPS) is 17.1. The lowest BCUT2D eigenvalue weighted by Gasteiger charge is -2.42. The van der Waals surface area contributed by atoms with Crippen molar-refractivity contribution in [2.75, 3.05) is 19.6 Å². The fraction of sp³-hybridized carbons (Fsp3) is 0.933. The third kappa shape index (κ3) is 6.92. The van der Waals surface area contributed by atoms with E-state index in [9.17, 15) is 4.79 Å². The Labute approximate surface area is 117 Å². The third-order valence-corrected chi connectivity index (χ3v) is 3.95. The molecule has 112 valence electrons. The molecule has 0 aromatic rings. The zero-order chi connectivity index (χ0) is 14.0. The van der Waals surface area contributed by atoms with Crippen LogP contribution < -0.4 is 10.6 Å². The Kier molecular flexibility index (Phi) is 8.07. The molecular formula is C15H30N2O2. The summed E-state index contributed by atoms with van der Waals surface area (Å²) in [5.41, 5.74) is -0.174. The highest BCUT2D eigenvalue weighted by Gasteiger charge is 2.38. The zero-order valence-corrected chi connectivity index (χ0v) is 12.3. The molecule has 0 amide bonds. The summed E-state index contributed by atoms with van der Waals surface area (Å²) in [4.78, 5) is 10.8. The molecule has 0 atom stereocenters. The summed E-state index contributed by atoms with van der Waals surface area (Å²) in [6.07, 6.45) is 10.7. The number of rotatable bonds is 12. The smallest absolute Gasteiger partial charge is 0.305 e. The van der Waals surface area contributed by atoms with Crippen LogP contribution >= 0.6 is 0 Å². The van der Waals surface area contributed by atoms with Gasteiger partial charge in [0.1, 0.15) is 0 Å². The molecule has 0 radical (unpaired) electrons.